The standard InChI is InChI=1S/C6H8N3O2/c1-5-3-2-4-7-6(5)8-9(10)11/h2-4H,1H3,(H,7,8)(H,10,11)/q+1. The highest BCUT2D eigenvalue weighted by Crippen LogP contribution is 2.07. The van der Waals surface area contributed by atoms with Crippen LogP contribution in [0.25, 0.3) is 0 Å². The number of anilines is 1. The summed E-state index contributed by atoms with van der Waals surface area (Å²) >= 11 is 0. The van der Waals surface area contributed by atoms with E-state index in [4.69, 9.17) is 5.21 Å². The zero-order chi connectivity index (χ0) is 8.27. The largest absolute Gasteiger partial charge is 0.361 e. The van der Waals surface area contributed by atoms with Gasteiger partial charge >= 0.3 is 5.03 Å². The maximum Gasteiger partial charge on any atom is 0.361 e. The number of hydrogen-bond donors (Lipinski definition) is 2. The van der Waals surface area contributed by atoms with E-state index in [0.29, 0.717) is 5.82 Å². The molecule has 0 atom stereocenters. The Labute approximate surface area is 63.2 Å². The van der Waals surface area contributed by atoms with Gasteiger partial charge in [-0.15, -0.1) is 0 Å². The molecule has 0 fully saturated rings. The van der Waals surface area contributed by atoms with E-state index < -0.39 is 0 Å². The molecular weight excluding hydrogens is 146 g/mol. The first kappa shape index (κ1) is 7.46. The number of nitrogens with one attached hydrogen (secondary N) is 1. The Kier molecular flexibility index (Phi) is 2.00. The molecule has 0 spiro atoms. The predicted molar refractivity (Wildman–Crippen MR) is 38.0 cm³/mol. The summed E-state index contributed by atoms with van der Waals surface area (Å²) in [5.41, 5.74) is 2.89. The molecule has 2 N–H and O–H groups in total. The van der Waals surface area contributed by atoms with Crippen molar-refractivity contribution in [3.05, 3.63) is 28.8 Å². The second-order valence-electron chi connectivity index (χ2n) is 2.05. The molecule has 5 nitrogen and oxygen atoms in total. The Morgan fingerprint density at radius 1 is 1.73 bits per heavy atom. The van der Waals surface area contributed by atoms with Gasteiger partial charge in [0.25, 0.3) is 0 Å². The van der Waals surface area contributed by atoms with Crippen molar-refractivity contribution in [3.63, 3.8) is 0 Å². The van der Waals surface area contributed by atoms with Crippen molar-refractivity contribution < 1.29 is 10.2 Å². The lowest BCUT2D eigenvalue weighted by Crippen LogP contribution is -2.12. The maximum atomic E-state index is 10.1. The second-order valence-corrected chi connectivity index (χ2v) is 2.05. The molecular formula is C6H8N3O2+. The molecule has 11 heavy (non-hydrogen) atoms. The Balaban J connectivity index is 2.86. The van der Waals surface area contributed by atoms with Gasteiger partial charge in [-0.25, -0.2) is 10.2 Å². The normalized spacial score (nSPS) is 9.18. The number of rotatable bonds is 2. The summed E-state index contributed by atoms with van der Waals surface area (Å²) in [5, 5.41) is 7.88. The lowest BCUT2D eigenvalue weighted by Gasteiger charge is -1.95. The summed E-state index contributed by atoms with van der Waals surface area (Å²) in [5.74, 6) is 0.352. The van der Waals surface area contributed by atoms with Crippen LogP contribution >= 0.6 is 0 Å². The first-order valence-corrected chi connectivity index (χ1v) is 3.04. The van der Waals surface area contributed by atoms with Crippen molar-refractivity contribution in [2.75, 3.05) is 5.43 Å². The first-order chi connectivity index (χ1) is 5.20. The fourth-order valence-electron chi connectivity index (χ4n) is 0.693. The fraction of sp³-hybridized carbons (Fsp3) is 0.167. The second kappa shape index (κ2) is 2.96. The molecule has 1 aromatic rings. The third-order valence-electron chi connectivity index (χ3n) is 1.21. The summed E-state index contributed by atoms with van der Waals surface area (Å²) in [7, 11) is 0. The van der Waals surface area contributed by atoms with E-state index in [-0.39, 0.29) is 5.03 Å². The monoisotopic (exact) mass is 154 g/mol. The average molecular weight is 154 g/mol. The van der Waals surface area contributed by atoms with Gasteiger partial charge in [-0.05, 0) is 18.6 Å². The highest BCUT2D eigenvalue weighted by molar-refractivity contribution is 5.39. The number of aryl methyl sites for hydroxylation is 1. The van der Waals surface area contributed by atoms with E-state index >= 15 is 0 Å². The summed E-state index contributed by atoms with van der Waals surface area (Å²) in [6.07, 6.45) is 1.53. The minimum Gasteiger partial charge on any atom is -0.234 e. The van der Waals surface area contributed by atoms with Crippen LogP contribution in [0, 0.1) is 11.8 Å². The zero-order valence-corrected chi connectivity index (χ0v) is 5.98. The molecule has 0 radical (unpaired) electrons. The lowest BCUT2D eigenvalue weighted by atomic mass is 10.3. The number of aromatic nitrogens is 1. The van der Waals surface area contributed by atoms with E-state index in [1.54, 1.807) is 19.1 Å². The minimum atomic E-state index is -0.380. The van der Waals surface area contributed by atoms with E-state index in [2.05, 4.69) is 10.4 Å². The molecule has 0 aliphatic carbocycles. The van der Waals surface area contributed by atoms with Crippen molar-refractivity contribution >= 4 is 5.82 Å². The average Bonchev–Trinajstić information content (AvgIpc) is 1.93. The van der Waals surface area contributed by atoms with Crippen LogP contribution in [0.5, 0.6) is 0 Å². The molecule has 0 aliphatic heterocycles. The summed E-state index contributed by atoms with van der Waals surface area (Å²) < 4.78 is 0. The first-order valence-electron chi connectivity index (χ1n) is 3.04. The number of hydrogen-bond acceptors (Lipinski definition) is 2. The smallest absolute Gasteiger partial charge is 0.234 e. The molecule has 0 aliphatic rings. The Morgan fingerprint density at radius 3 is 3.00 bits per heavy atom. The lowest BCUT2D eigenvalue weighted by molar-refractivity contribution is -0.770. The molecule has 0 aromatic carbocycles. The van der Waals surface area contributed by atoms with Crippen molar-refractivity contribution in [1.82, 2.24) is 4.98 Å². The topological polar surface area (TPSA) is 65.2 Å². The van der Waals surface area contributed by atoms with Gasteiger partial charge in [0.2, 0.25) is 0 Å². The highest BCUT2D eigenvalue weighted by atomic mass is 16.7. The quantitative estimate of drug-likeness (QED) is 0.621. The summed E-state index contributed by atoms with van der Waals surface area (Å²) in [6, 6.07) is 3.52. The third kappa shape index (κ3) is 1.89. The number of nitrogens with zero attached hydrogens (tertiary/aromatic N) is 2. The molecule has 1 rings (SSSR count). The van der Waals surface area contributed by atoms with Crippen LogP contribution in [0.4, 0.5) is 5.82 Å². The van der Waals surface area contributed by atoms with Gasteiger partial charge in [-0.1, -0.05) is 11.5 Å². The molecule has 0 saturated carbocycles. The Morgan fingerprint density at radius 2 is 2.45 bits per heavy atom. The SMILES string of the molecule is Cc1cccnc1N[N+](=O)O. The highest BCUT2D eigenvalue weighted by Gasteiger charge is 2.06. The van der Waals surface area contributed by atoms with Crippen LogP contribution in [-0.2, 0) is 0 Å². The van der Waals surface area contributed by atoms with E-state index in [1.807, 2.05) is 0 Å². The Hall–Kier alpha value is -1.65. The van der Waals surface area contributed by atoms with Crippen molar-refractivity contribution in [3.8, 4) is 0 Å². The van der Waals surface area contributed by atoms with E-state index in [9.17, 15) is 4.91 Å². The summed E-state index contributed by atoms with van der Waals surface area (Å²) in [6.45, 7) is 1.78. The van der Waals surface area contributed by atoms with Gasteiger partial charge in [0.05, 0.1) is 0 Å². The van der Waals surface area contributed by atoms with Crippen LogP contribution in [0.1, 0.15) is 5.56 Å². The number of pyridine rings is 1. The molecule has 5 heteroatoms. The van der Waals surface area contributed by atoms with Gasteiger partial charge in [0.15, 0.2) is 5.82 Å². The van der Waals surface area contributed by atoms with Gasteiger partial charge in [-0.2, -0.15) is 0 Å². The zero-order valence-electron chi connectivity index (χ0n) is 5.98. The van der Waals surface area contributed by atoms with Gasteiger partial charge in [0, 0.05) is 6.20 Å². The molecule has 0 saturated heterocycles. The summed E-state index contributed by atoms with van der Waals surface area (Å²) in [4.78, 5) is 13.9. The minimum absolute atomic E-state index is 0.352. The molecule has 0 unspecified atom stereocenters. The van der Waals surface area contributed by atoms with Crippen LogP contribution in [0.15, 0.2) is 18.3 Å². The molecule has 1 aromatic heterocycles. The predicted octanol–water partition coefficient (Wildman–Crippen LogP) is 0.885. The third-order valence-corrected chi connectivity index (χ3v) is 1.21. The van der Waals surface area contributed by atoms with Gasteiger partial charge in [0.1, 0.15) is 4.91 Å². The maximum absolute atomic E-state index is 10.1. The Bertz CT molecular complexity index is 274. The van der Waals surface area contributed by atoms with E-state index in [0.717, 1.165) is 5.56 Å². The fourth-order valence-corrected chi connectivity index (χ4v) is 0.693. The van der Waals surface area contributed by atoms with Crippen molar-refractivity contribution in [2.24, 2.45) is 0 Å². The number of hydrazine groups is 1. The van der Waals surface area contributed by atoms with Crippen LogP contribution < -0.4 is 5.43 Å². The van der Waals surface area contributed by atoms with Crippen molar-refractivity contribution in [1.29, 1.82) is 0 Å². The van der Waals surface area contributed by atoms with Gasteiger partial charge < -0.3 is 0 Å². The van der Waals surface area contributed by atoms with Crippen LogP contribution in [-0.4, -0.2) is 15.2 Å². The van der Waals surface area contributed by atoms with Crippen LogP contribution in [0.2, 0.25) is 0 Å². The molecule has 0 bridgehead atoms. The molecule has 0 amide bonds. The van der Waals surface area contributed by atoms with E-state index in [1.165, 1.54) is 6.20 Å². The van der Waals surface area contributed by atoms with Gasteiger partial charge in [-0.3, -0.25) is 0 Å². The van der Waals surface area contributed by atoms with Crippen LogP contribution in [0.3, 0.4) is 0 Å². The molecule has 1 heterocycles. The molecule has 58 valence electrons. The van der Waals surface area contributed by atoms with Crippen molar-refractivity contribution in [2.45, 2.75) is 6.92 Å².